The van der Waals surface area contributed by atoms with Crippen molar-refractivity contribution in [2.24, 2.45) is 0 Å². The highest BCUT2D eigenvalue weighted by Gasteiger charge is 2.30. The molecule has 0 bridgehead atoms. The van der Waals surface area contributed by atoms with Gasteiger partial charge in [-0.15, -0.1) is 0 Å². The average Bonchev–Trinajstić information content (AvgIpc) is 2.84. The van der Waals surface area contributed by atoms with Crippen LogP contribution in [0, 0.1) is 6.92 Å². The zero-order valence-corrected chi connectivity index (χ0v) is 19.5. The number of pyridine rings is 1. The van der Waals surface area contributed by atoms with E-state index < -0.39 is 0 Å². The molecule has 0 N–H and O–H groups in total. The lowest BCUT2D eigenvalue weighted by atomic mass is 9.99. The molecule has 1 unspecified atom stereocenters. The first-order valence-corrected chi connectivity index (χ1v) is 11.3. The predicted molar refractivity (Wildman–Crippen MR) is 126 cm³/mol. The predicted octanol–water partition coefficient (Wildman–Crippen LogP) is 1.96. The second-order valence-corrected chi connectivity index (χ2v) is 8.60. The highest BCUT2D eigenvalue weighted by Crippen LogP contribution is 2.34. The summed E-state index contributed by atoms with van der Waals surface area (Å²) >= 11 is 0. The zero-order valence-electron chi connectivity index (χ0n) is 19.5. The quantitative estimate of drug-likeness (QED) is 0.586. The van der Waals surface area contributed by atoms with Gasteiger partial charge in [-0.05, 0) is 26.0 Å². The number of aromatic nitrogens is 5. The summed E-state index contributed by atoms with van der Waals surface area (Å²) in [5.74, 6) is 1.69. The number of rotatable bonds is 3. The molecule has 10 nitrogen and oxygen atoms in total. The molecule has 1 fully saturated rings. The van der Waals surface area contributed by atoms with E-state index in [-0.39, 0.29) is 24.4 Å². The summed E-state index contributed by atoms with van der Waals surface area (Å²) in [6, 6.07) is 5.66. The maximum Gasteiger partial charge on any atom is 0.246 e. The van der Waals surface area contributed by atoms with Crippen LogP contribution in [-0.2, 0) is 16.0 Å². The first kappa shape index (κ1) is 21.9. The molecule has 0 radical (unpaired) electrons. The van der Waals surface area contributed by atoms with Crippen LogP contribution >= 0.6 is 0 Å². The van der Waals surface area contributed by atoms with Crippen LogP contribution in [0.5, 0.6) is 0 Å². The molecule has 0 saturated carbocycles. The van der Waals surface area contributed by atoms with E-state index in [2.05, 4.69) is 26.8 Å². The zero-order chi connectivity index (χ0) is 23.8. The molecule has 1 saturated heterocycles. The van der Waals surface area contributed by atoms with Crippen molar-refractivity contribution in [3.05, 3.63) is 53.7 Å². The fourth-order valence-corrected chi connectivity index (χ4v) is 4.55. The Bertz CT molecular complexity index is 1250. The van der Waals surface area contributed by atoms with E-state index in [0.717, 1.165) is 41.4 Å². The maximum absolute atomic E-state index is 12.8. The van der Waals surface area contributed by atoms with E-state index in [0.29, 0.717) is 24.7 Å². The van der Waals surface area contributed by atoms with Crippen molar-refractivity contribution in [1.82, 2.24) is 29.8 Å². The van der Waals surface area contributed by atoms with Gasteiger partial charge in [-0.25, -0.2) is 24.9 Å². The molecule has 2 amide bonds. The van der Waals surface area contributed by atoms with E-state index in [1.165, 1.54) is 6.92 Å². The van der Waals surface area contributed by atoms with Crippen molar-refractivity contribution in [3.63, 3.8) is 0 Å². The molecule has 0 aliphatic carbocycles. The third-order valence-corrected chi connectivity index (χ3v) is 6.37. The summed E-state index contributed by atoms with van der Waals surface area (Å²) in [5, 5.41) is 0. The Morgan fingerprint density at radius 1 is 1.03 bits per heavy atom. The minimum absolute atomic E-state index is 0.0157. The number of carbonyl (C=O) groups excluding carboxylic acids is 2. The Hall–Kier alpha value is -3.95. The average molecular weight is 459 g/mol. The van der Waals surface area contributed by atoms with Crippen molar-refractivity contribution in [2.75, 3.05) is 36.0 Å². The molecule has 2 aliphatic heterocycles. The van der Waals surface area contributed by atoms with Crippen molar-refractivity contribution in [3.8, 4) is 11.6 Å². The number of nitrogens with zero attached hydrogens (tertiary/aromatic N) is 8. The molecule has 5 rings (SSSR count). The standard InChI is InChI=1S/C24H26N8O2/c1-15-11-18(32-10-9-30(17(3)33)14-22(32)34)12-21(28-15)31-8-5-20-19(16(31)2)13-27-24(29-20)23-25-6-4-7-26-23/h4,6-7,11-13,16H,5,8-10,14H2,1-3H3. The molecule has 2 aliphatic rings. The number of fused-ring (bicyclic) bond motifs is 1. The molecular weight excluding hydrogens is 432 g/mol. The lowest BCUT2D eigenvalue weighted by Crippen LogP contribution is -2.52. The number of piperazine rings is 1. The van der Waals surface area contributed by atoms with E-state index in [4.69, 9.17) is 9.97 Å². The van der Waals surface area contributed by atoms with Gasteiger partial charge in [0.05, 0.1) is 11.7 Å². The highest BCUT2D eigenvalue weighted by molar-refractivity contribution is 5.98. The van der Waals surface area contributed by atoms with Gasteiger partial charge >= 0.3 is 0 Å². The fourth-order valence-electron chi connectivity index (χ4n) is 4.55. The van der Waals surface area contributed by atoms with Crippen LogP contribution in [0.2, 0.25) is 0 Å². The van der Waals surface area contributed by atoms with Gasteiger partial charge in [0.25, 0.3) is 0 Å². The molecule has 10 heteroatoms. The number of hydrogen-bond acceptors (Lipinski definition) is 8. The molecule has 0 aromatic carbocycles. The first-order chi connectivity index (χ1) is 16.4. The van der Waals surface area contributed by atoms with Crippen LogP contribution in [0.25, 0.3) is 11.6 Å². The van der Waals surface area contributed by atoms with Crippen LogP contribution in [0.4, 0.5) is 11.5 Å². The smallest absolute Gasteiger partial charge is 0.246 e. The van der Waals surface area contributed by atoms with Crippen LogP contribution < -0.4 is 9.80 Å². The number of hydrogen-bond donors (Lipinski definition) is 0. The van der Waals surface area contributed by atoms with Gasteiger partial charge < -0.3 is 14.7 Å². The monoisotopic (exact) mass is 458 g/mol. The lowest BCUT2D eigenvalue weighted by molar-refractivity contribution is -0.135. The minimum Gasteiger partial charge on any atom is -0.349 e. The molecule has 5 heterocycles. The molecule has 174 valence electrons. The van der Waals surface area contributed by atoms with E-state index in [9.17, 15) is 9.59 Å². The third-order valence-electron chi connectivity index (χ3n) is 6.37. The van der Waals surface area contributed by atoms with Crippen molar-refractivity contribution in [2.45, 2.75) is 33.2 Å². The van der Waals surface area contributed by atoms with Crippen LogP contribution in [0.15, 0.2) is 36.8 Å². The summed E-state index contributed by atoms with van der Waals surface area (Å²) in [6.45, 7) is 7.37. The first-order valence-electron chi connectivity index (χ1n) is 11.3. The van der Waals surface area contributed by atoms with E-state index >= 15 is 0 Å². The van der Waals surface area contributed by atoms with Crippen molar-refractivity contribution in [1.29, 1.82) is 0 Å². The normalized spacial score (nSPS) is 18.1. The number of aryl methyl sites for hydroxylation is 1. The SMILES string of the molecule is CC(=O)N1CCN(c2cc(C)nc(N3CCc4nc(-c5ncccn5)ncc4C3C)c2)C(=O)C1. The summed E-state index contributed by atoms with van der Waals surface area (Å²) in [6.07, 6.45) is 5.96. The van der Waals surface area contributed by atoms with Crippen LogP contribution in [0.3, 0.4) is 0 Å². The molecular formula is C24H26N8O2. The molecule has 0 spiro atoms. The highest BCUT2D eigenvalue weighted by atomic mass is 16.2. The fraction of sp³-hybridized carbons (Fsp3) is 0.375. The second-order valence-electron chi connectivity index (χ2n) is 8.60. The van der Waals surface area contributed by atoms with Gasteiger partial charge in [0.2, 0.25) is 11.8 Å². The summed E-state index contributed by atoms with van der Waals surface area (Å²) in [4.78, 5) is 52.5. The summed E-state index contributed by atoms with van der Waals surface area (Å²) in [5.41, 5.74) is 3.67. The minimum atomic E-state index is -0.0842. The Morgan fingerprint density at radius 2 is 1.82 bits per heavy atom. The number of amides is 2. The number of anilines is 2. The van der Waals surface area contributed by atoms with Gasteiger partial charge in [-0.3, -0.25) is 9.59 Å². The Balaban J connectivity index is 1.41. The summed E-state index contributed by atoms with van der Waals surface area (Å²) in [7, 11) is 0. The van der Waals surface area contributed by atoms with E-state index in [1.807, 2.05) is 25.3 Å². The van der Waals surface area contributed by atoms with Gasteiger partial charge in [0.15, 0.2) is 11.6 Å². The van der Waals surface area contributed by atoms with Gasteiger partial charge in [-0.1, -0.05) is 0 Å². The Kier molecular flexibility index (Phi) is 5.64. The largest absolute Gasteiger partial charge is 0.349 e. The third kappa shape index (κ3) is 4.07. The number of carbonyl (C=O) groups is 2. The Morgan fingerprint density at radius 3 is 2.56 bits per heavy atom. The van der Waals surface area contributed by atoms with Crippen LogP contribution in [0.1, 0.15) is 36.8 Å². The van der Waals surface area contributed by atoms with Gasteiger partial charge in [-0.2, -0.15) is 0 Å². The van der Waals surface area contributed by atoms with Gasteiger partial charge in [0.1, 0.15) is 12.4 Å². The van der Waals surface area contributed by atoms with Crippen molar-refractivity contribution >= 4 is 23.3 Å². The van der Waals surface area contributed by atoms with E-state index in [1.54, 1.807) is 28.3 Å². The van der Waals surface area contributed by atoms with Gasteiger partial charge in [0, 0.05) is 74.6 Å². The molecule has 34 heavy (non-hydrogen) atoms. The lowest BCUT2D eigenvalue weighted by Gasteiger charge is -2.37. The second kappa shape index (κ2) is 8.77. The summed E-state index contributed by atoms with van der Waals surface area (Å²) < 4.78 is 0. The molecule has 3 aromatic rings. The molecule has 3 aromatic heterocycles. The Labute approximate surface area is 197 Å². The van der Waals surface area contributed by atoms with Crippen molar-refractivity contribution < 1.29 is 9.59 Å². The van der Waals surface area contributed by atoms with Crippen LogP contribution in [-0.4, -0.2) is 67.8 Å². The maximum atomic E-state index is 12.8. The molecule has 1 atom stereocenters. The topological polar surface area (TPSA) is 108 Å².